The molecule has 88 valence electrons. The van der Waals surface area contributed by atoms with E-state index in [1.807, 2.05) is 0 Å². The maximum Gasteiger partial charge on any atom is 0.271 e. The van der Waals surface area contributed by atoms with Crippen molar-refractivity contribution in [1.82, 2.24) is 9.97 Å². The lowest BCUT2D eigenvalue weighted by Crippen LogP contribution is -2.18. The van der Waals surface area contributed by atoms with Crippen molar-refractivity contribution in [2.75, 3.05) is 18.0 Å². The standard InChI is InChI=1S/C11H12N4O2/c16-15(17)8-3-4-9-10(7-8)13-11(12-9)14-5-1-2-6-14/h3-4,7H,1-2,5-6H2,(H,12,13). The molecule has 0 spiro atoms. The van der Waals surface area contributed by atoms with Crippen LogP contribution in [0.15, 0.2) is 18.2 Å². The molecule has 6 nitrogen and oxygen atoms in total. The number of nitrogens with one attached hydrogen (secondary N) is 1. The van der Waals surface area contributed by atoms with E-state index in [9.17, 15) is 10.1 Å². The molecule has 1 aliphatic heterocycles. The summed E-state index contributed by atoms with van der Waals surface area (Å²) in [5.74, 6) is 0.818. The fraction of sp³-hybridized carbons (Fsp3) is 0.364. The number of imidazole rings is 1. The van der Waals surface area contributed by atoms with Crippen LogP contribution in [0.25, 0.3) is 11.0 Å². The zero-order valence-electron chi connectivity index (χ0n) is 9.22. The highest BCUT2D eigenvalue weighted by atomic mass is 16.6. The van der Waals surface area contributed by atoms with Crippen molar-refractivity contribution >= 4 is 22.7 Å². The Kier molecular flexibility index (Phi) is 2.21. The molecule has 0 unspecified atom stereocenters. The van der Waals surface area contributed by atoms with Crippen molar-refractivity contribution in [3.05, 3.63) is 28.3 Å². The molecule has 2 heterocycles. The zero-order valence-corrected chi connectivity index (χ0v) is 9.22. The summed E-state index contributed by atoms with van der Waals surface area (Å²) in [5, 5.41) is 10.7. The lowest BCUT2D eigenvalue weighted by atomic mass is 10.3. The molecule has 0 amide bonds. The third-order valence-electron chi connectivity index (χ3n) is 3.07. The quantitative estimate of drug-likeness (QED) is 0.635. The minimum Gasteiger partial charge on any atom is -0.342 e. The summed E-state index contributed by atoms with van der Waals surface area (Å²) in [6.07, 6.45) is 2.36. The lowest BCUT2D eigenvalue weighted by molar-refractivity contribution is -0.384. The fourth-order valence-corrected chi connectivity index (χ4v) is 2.17. The van der Waals surface area contributed by atoms with Crippen LogP contribution < -0.4 is 4.90 Å². The number of anilines is 1. The number of aromatic nitrogens is 2. The second kappa shape index (κ2) is 3.73. The molecule has 0 radical (unpaired) electrons. The number of nitrogens with zero attached hydrogens (tertiary/aromatic N) is 3. The summed E-state index contributed by atoms with van der Waals surface area (Å²) in [6, 6.07) is 4.71. The molecule has 1 N–H and O–H groups in total. The first-order valence-electron chi connectivity index (χ1n) is 5.63. The summed E-state index contributed by atoms with van der Waals surface area (Å²) in [4.78, 5) is 20.0. The van der Waals surface area contributed by atoms with E-state index in [1.54, 1.807) is 6.07 Å². The Morgan fingerprint density at radius 3 is 2.82 bits per heavy atom. The minimum absolute atomic E-state index is 0.0805. The van der Waals surface area contributed by atoms with Gasteiger partial charge in [-0.3, -0.25) is 10.1 Å². The molecule has 1 saturated heterocycles. The van der Waals surface area contributed by atoms with E-state index in [4.69, 9.17) is 0 Å². The first-order chi connectivity index (χ1) is 8.24. The van der Waals surface area contributed by atoms with Crippen molar-refractivity contribution in [1.29, 1.82) is 0 Å². The van der Waals surface area contributed by atoms with Gasteiger partial charge >= 0.3 is 0 Å². The van der Waals surface area contributed by atoms with Gasteiger partial charge in [0.1, 0.15) is 0 Å². The molecule has 0 bridgehead atoms. The molecule has 1 aromatic heterocycles. The van der Waals surface area contributed by atoms with E-state index in [-0.39, 0.29) is 5.69 Å². The van der Waals surface area contributed by atoms with E-state index in [0.717, 1.165) is 24.6 Å². The average molecular weight is 232 g/mol. The van der Waals surface area contributed by atoms with Crippen molar-refractivity contribution in [2.45, 2.75) is 12.8 Å². The fourth-order valence-electron chi connectivity index (χ4n) is 2.17. The highest BCUT2D eigenvalue weighted by Crippen LogP contribution is 2.23. The Morgan fingerprint density at radius 2 is 2.12 bits per heavy atom. The molecule has 0 saturated carbocycles. The summed E-state index contributed by atoms with van der Waals surface area (Å²) >= 11 is 0. The zero-order chi connectivity index (χ0) is 11.8. The van der Waals surface area contributed by atoms with Gasteiger partial charge in [-0.15, -0.1) is 0 Å². The van der Waals surface area contributed by atoms with Gasteiger partial charge in [0.05, 0.1) is 16.0 Å². The largest absolute Gasteiger partial charge is 0.342 e. The third kappa shape index (κ3) is 1.71. The Morgan fingerprint density at radius 1 is 1.35 bits per heavy atom. The number of benzene rings is 1. The number of rotatable bonds is 2. The van der Waals surface area contributed by atoms with Gasteiger partial charge in [0, 0.05) is 25.2 Å². The van der Waals surface area contributed by atoms with E-state index < -0.39 is 4.92 Å². The SMILES string of the molecule is O=[N+]([O-])c1ccc2[nH]c(N3CCCC3)nc2c1. The Hall–Kier alpha value is -2.11. The molecule has 17 heavy (non-hydrogen) atoms. The first-order valence-corrected chi connectivity index (χ1v) is 5.63. The molecular weight excluding hydrogens is 220 g/mol. The van der Waals surface area contributed by atoms with Crippen LogP contribution in [0, 0.1) is 10.1 Å². The molecule has 1 fully saturated rings. The van der Waals surface area contributed by atoms with E-state index in [2.05, 4.69) is 14.9 Å². The van der Waals surface area contributed by atoms with Gasteiger partial charge in [-0.1, -0.05) is 0 Å². The number of nitro benzene ring substituents is 1. The third-order valence-corrected chi connectivity index (χ3v) is 3.07. The summed E-state index contributed by atoms with van der Waals surface area (Å²) in [5.41, 5.74) is 1.58. The number of hydrogen-bond acceptors (Lipinski definition) is 4. The lowest BCUT2D eigenvalue weighted by Gasteiger charge is -2.12. The normalized spacial score (nSPS) is 15.6. The van der Waals surface area contributed by atoms with Crippen LogP contribution in [-0.4, -0.2) is 28.0 Å². The summed E-state index contributed by atoms with van der Waals surface area (Å²) in [7, 11) is 0. The Bertz CT molecular complexity index is 572. The van der Waals surface area contributed by atoms with E-state index >= 15 is 0 Å². The van der Waals surface area contributed by atoms with Crippen molar-refractivity contribution in [2.24, 2.45) is 0 Å². The van der Waals surface area contributed by atoms with Crippen LogP contribution in [0.1, 0.15) is 12.8 Å². The van der Waals surface area contributed by atoms with Crippen molar-refractivity contribution in [3.63, 3.8) is 0 Å². The van der Waals surface area contributed by atoms with Gasteiger partial charge in [0.2, 0.25) is 5.95 Å². The molecule has 2 aromatic rings. The number of nitro groups is 1. The molecule has 1 aliphatic rings. The number of hydrogen-bond donors (Lipinski definition) is 1. The van der Waals surface area contributed by atoms with Crippen LogP contribution in [0.2, 0.25) is 0 Å². The van der Waals surface area contributed by atoms with E-state index in [0.29, 0.717) is 5.52 Å². The predicted molar refractivity (Wildman–Crippen MR) is 64.2 cm³/mol. The molecule has 0 aliphatic carbocycles. The number of H-pyrrole nitrogens is 1. The van der Waals surface area contributed by atoms with Gasteiger partial charge in [0.25, 0.3) is 5.69 Å². The second-order valence-corrected chi connectivity index (χ2v) is 4.21. The second-order valence-electron chi connectivity index (χ2n) is 4.21. The van der Waals surface area contributed by atoms with Crippen LogP contribution >= 0.6 is 0 Å². The number of aromatic amines is 1. The molecule has 3 rings (SSSR count). The van der Waals surface area contributed by atoms with Crippen LogP contribution in [0.3, 0.4) is 0 Å². The molecule has 0 atom stereocenters. The molecule has 1 aromatic carbocycles. The van der Waals surface area contributed by atoms with Gasteiger partial charge in [0.15, 0.2) is 0 Å². The monoisotopic (exact) mass is 232 g/mol. The van der Waals surface area contributed by atoms with Gasteiger partial charge in [-0.2, -0.15) is 0 Å². The maximum absolute atomic E-state index is 10.7. The Balaban J connectivity index is 2.03. The van der Waals surface area contributed by atoms with Crippen molar-refractivity contribution in [3.8, 4) is 0 Å². The summed E-state index contributed by atoms with van der Waals surface area (Å²) in [6.45, 7) is 2.00. The van der Waals surface area contributed by atoms with Gasteiger partial charge in [-0.25, -0.2) is 4.98 Å². The van der Waals surface area contributed by atoms with Crippen LogP contribution in [-0.2, 0) is 0 Å². The topological polar surface area (TPSA) is 75.1 Å². The highest BCUT2D eigenvalue weighted by molar-refractivity contribution is 5.80. The van der Waals surface area contributed by atoms with E-state index in [1.165, 1.54) is 25.0 Å². The first kappa shape index (κ1) is 10.1. The summed E-state index contributed by atoms with van der Waals surface area (Å²) < 4.78 is 0. The molecule has 6 heteroatoms. The van der Waals surface area contributed by atoms with Crippen LogP contribution in [0.5, 0.6) is 0 Å². The maximum atomic E-state index is 10.7. The Labute approximate surface area is 97.4 Å². The average Bonchev–Trinajstić information content (AvgIpc) is 2.96. The number of fused-ring (bicyclic) bond motifs is 1. The number of non-ortho nitro benzene ring substituents is 1. The predicted octanol–water partition coefficient (Wildman–Crippen LogP) is 2.07. The highest BCUT2D eigenvalue weighted by Gasteiger charge is 2.16. The van der Waals surface area contributed by atoms with Gasteiger partial charge in [-0.05, 0) is 18.9 Å². The molecular formula is C11H12N4O2. The van der Waals surface area contributed by atoms with Crippen molar-refractivity contribution < 1.29 is 4.92 Å². The smallest absolute Gasteiger partial charge is 0.271 e. The van der Waals surface area contributed by atoms with Gasteiger partial charge < -0.3 is 9.88 Å². The van der Waals surface area contributed by atoms with Crippen LogP contribution in [0.4, 0.5) is 11.6 Å². The minimum atomic E-state index is -0.399.